The summed E-state index contributed by atoms with van der Waals surface area (Å²) in [6.45, 7) is 0.307. The zero-order chi connectivity index (χ0) is 18.6. The predicted octanol–water partition coefficient (Wildman–Crippen LogP) is 2.25. The van der Waals surface area contributed by atoms with Gasteiger partial charge in [0.05, 0.1) is 16.1 Å². The molecule has 0 bridgehead atoms. The summed E-state index contributed by atoms with van der Waals surface area (Å²) in [7, 11) is 0. The molecular weight excluding hydrogens is 366 g/mol. The number of para-hydroxylation sites is 1. The second kappa shape index (κ2) is 7.42. The van der Waals surface area contributed by atoms with Crippen LogP contribution in [0.1, 0.15) is 16.2 Å². The number of aromatic nitrogens is 4. The van der Waals surface area contributed by atoms with Crippen molar-refractivity contribution in [2.24, 2.45) is 0 Å². The van der Waals surface area contributed by atoms with Crippen LogP contribution in [0.25, 0.3) is 16.3 Å². The number of benzene rings is 1. The van der Waals surface area contributed by atoms with E-state index in [1.165, 1.54) is 11.3 Å². The van der Waals surface area contributed by atoms with Gasteiger partial charge in [-0.05, 0) is 23.6 Å². The second-order valence-electron chi connectivity index (χ2n) is 5.70. The molecule has 0 saturated heterocycles. The first-order chi connectivity index (χ1) is 13.2. The van der Waals surface area contributed by atoms with Crippen molar-refractivity contribution in [1.29, 1.82) is 0 Å². The highest BCUT2D eigenvalue weighted by molar-refractivity contribution is 7.13. The molecule has 0 aliphatic heterocycles. The zero-order valence-corrected chi connectivity index (χ0v) is 14.9. The van der Waals surface area contributed by atoms with Crippen LogP contribution in [0.5, 0.6) is 0 Å². The van der Waals surface area contributed by atoms with Gasteiger partial charge in [0.25, 0.3) is 5.91 Å². The first kappa shape index (κ1) is 17.0. The van der Waals surface area contributed by atoms with Gasteiger partial charge in [-0.2, -0.15) is 5.10 Å². The fourth-order valence-electron chi connectivity index (χ4n) is 2.61. The molecule has 9 heteroatoms. The molecule has 0 saturated carbocycles. The van der Waals surface area contributed by atoms with E-state index in [-0.39, 0.29) is 5.91 Å². The highest BCUT2D eigenvalue weighted by Crippen LogP contribution is 2.27. The van der Waals surface area contributed by atoms with Crippen molar-refractivity contribution in [2.75, 3.05) is 6.54 Å². The van der Waals surface area contributed by atoms with E-state index in [1.54, 1.807) is 10.9 Å². The van der Waals surface area contributed by atoms with Crippen LogP contribution in [0.2, 0.25) is 0 Å². The molecule has 0 aliphatic rings. The summed E-state index contributed by atoms with van der Waals surface area (Å²) < 4.78 is 6.13. The third-order valence-corrected chi connectivity index (χ3v) is 4.74. The van der Waals surface area contributed by atoms with Gasteiger partial charge in [0.1, 0.15) is 5.69 Å². The van der Waals surface area contributed by atoms with Crippen LogP contribution in [0.15, 0.2) is 63.4 Å². The van der Waals surface area contributed by atoms with Gasteiger partial charge < -0.3 is 5.32 Å². The van der Waals surface area contributed by atoms with E-state index in [0.29, 0.717) is 30.0 Å². The summed E-state index contributed by atoms with van der Waals surface area (Å²) in [5, 5.41) is 13.0. The van der Waals surface area contributed by atoms with Crippen molar-refractivity contribution >= 4 is 17.2 Å². The quantitative estimate of drug-likeness (QED) is 0.533. The highest BCUT2D eigenvalue weighted by Gasteiger charge is 2.19. The summed E-state index contributed by atoms with van der Waals surface area (Å²) >= 11 is 1.52. The molecule has 0 atom stereocenters. The average Bonchev–Trinajstić information content (AvgIpc) is 3.43. The number of nitrogens with one attached hydrogen (secondary N) is 2. The molecule has 0 spiro atoms. The van der Waals surface area contributed by atoms with Crippen molar-refractivity contribution < 1.29 is 9.32 Å². The van der Waals surface area contributed by atoms with Crippen molar-refractivity contribution in [3.05, 3.63) is 76.0 Å². The van der Waals surface area contributed by atoms with Gasteiger partial charge in [0.15, 0.2) is 5.82 Å². The summed E-state index contributed by atoms with van der Waals surface area (Å²) in [6.07, 6.45) is 2.08. The summed E-state index contributed by atoms with van der Waals surface area (Å²) in [4.78, 5) is 27.0. The van der Waals surface area contributed by atoms with E-state index in [2.05, 4.69) is 25.1 Å². The Labute approximate surface area is 157 Å². The van der Waals surface area contributed by atoms with Gasteiger partial charge in [-0.3, -0.25) is 14.3 Å². The Balaban J connectivity index is 1.57. The molecule has 27 heavy (non-hydrogen) atoms. The Bertz CT molecular complexity index is 1100. The standard InChI is InChI=1S/C18H15N5O3S/c24-17(19-9-8-15-20-18(25)26-22-15)13-11-23(12-5-2-1-3-6-12)21-16(13)14-7-4-10-27-14/h1-7,10-11H,8-9H2,(H,19,24)(H,20,22,25). The summed E-state index contributed by atoms with van der Waals surface area (Å²) in [6, 6.07) is 13.5. The van der Waals surface area contributed by atoms with Gasteiger partial charge in [-0.25, -0.2) is 9.48 Å². The number of H-pyrrole nitrogens is 1. The number of nitrogens with zero attached hydrogens (tertiary/aromatic N) is 3. The lowest BCUT2D eigenvalue weighted by atomic mass is 10.2. The van der Waals surface area contributed by atoms with Crippen LogP contribution in [-0.2, 0) is 6.42 Å². The van der Waals surface area contributed by atoms with Gasteiger partial charge in [-0.1, -0.05) is 29.4 Å². The summed E-state index contributed by atoms with van der Waals surface area (Å²) in [5.41, 5.74) is 1.98. The monoisotopic (exact) mass is 381 g/mol. The molecule has 1 amide bonds. The Hall–Kier alpha value is -3.46. The van der Waals surface area contributed by atoms with Gasteiger partial charge in [0.2, 0.25) is 0 Å². The molecule has 4 rings (SSSR count). The fourth-order valence-corrected chi connectivity index (χ4v) is 3.33. The Morgan fingerprint density at radius 1 is 1.22 bits per heavy atom. The van der Waals surface area contributed by atoms with Crippen LogP contribution < -0.4 is 11.1 Å². The first-order valence-corrected chi connectivity index (χ1v) is 9.11. The lowest BCUT2D eigenvalue weighted by molar-refractivity contribution is 0.0954. The van der Waals surface area contributed by atoms with E-state index in [4.69, 9.17) is 0 Å². The van der Waals surface area contributed by atoms with Crippen LogP contribution in [0, 0.1) is 0 Å². The number of thiophene rings is 1. The van der Waals surface area contributed by atoms with Gasteiger partial charge in [-0.15, -0.1) is 11.3 Å². The Kier molecular flexibility index (Phi) is 4.67. The largest absolute Gasteiger partial charge is 0.438 e. The lowest BCUT2D eigenvalue weighted by Crippen LogP contribution is -2.26. The molecule has 3 aromatic heterocycles. The molecular formula is C18H15N5O3S. The minimum Gasteiger partial charge on any atom is -0.351 e. The van der Waals surface area contributed by atoms with Crippen LogP contribution in [-0.4, -0.2) is 32.4 Å². The summed E-state index contributed by atoms with van der Waals surface area (Å²) in [5.74, 6) is -0.467. The molecule has 0 unspecified atom stereocenters. The number of carbonyl (C=O) groups excluding carboxylic acids is 1. The molecule has 0 radical (unpaired) electrons. The SMILES string of the molecule is O=C(NCCc1noc(=O)[nH]1)c1cn(-c2ccccc2)nc1-c1cccs1. The van der Waals surface area contributed by atoms with E-state index < -0.39 is 5.76 Å². The molecule has 0 fully saturated rings. The number of amides is 1. The van der Waals surface area contributed by atoms with Crippen LogP contribution >= 0.6 is 11.3 Å². The highest BCUT2D eigenvalue weighted by atomic mass is 32.1. The van der Waals surface area contributed by atoms with E-state index in [1.807, 2.05) is 47.8 Å². The topological polar surface area (TPSA) is 106 Å². The maximum absolute atomic E-state index is 12.7. The molecule has 1 aromatic carbocycles. The third-order valence-electron chi connectivity index (χ3n) is 3.87. The lowest BCUT2D eigenvalue weighted by Gasteiger charge is -2.03. The predicted molar refractivity (Wildman–Crippen MR) is 100 cm³/mol. The number of rotatable bonds is 6. The fraction of sp³-hybridized carbons (Fsp3) is 0.111. The van der Waals surface area contributed by atoms with E-state index in [0.717, 1.165) is 10.6 Å². The average molecular weight is 381 g/mol. The van der Waals surface area contributed by atoms with Gasteiger partial charge in [0, 0.05) is 19.2 Å². The Morgan fingerprint density at radius 3 is 2.78 bits per heavy atom. The minimum atomic E-state index is -0.611. The van der Waals surface area contributed by atoms with Crippen molar-refractivity contribution in [2.45, 2.75) is 6.42 Å². The molecule has 8 nitrogen and oxygen atoms in total. The number of hydrogen-bond acceptors (Lipinski definition) is 6. The number of carbonyl (C=O) groups is 1. The molecule has 2 N–H and O–H groups in total. The van der Waals surface area contributed by atoms with Crippen molar-refractivity contribution in [1.82, 2.24) is 25.2 Å². The molecule has 0 aliphatic carbocycles. The molecule has 3 heterocycles. The van der Waals surface area contributed by atoms with Crippen molar-refractivity contribution in [3.63, 3.8) is 0 Å². The number of aromatic amines is 1. The van der Waals surface area contributed by atoms with Crippen LogP contribution in [0.4, 0.5) is 0 Å². The third kappa shape index (κ3) is 3.72. The Morgan fingerprint density at radius 2 is 2.07 bits per heavy atom. The van der Waals surface area contributed by atoms with Gasteiger partial charge >= 0.3 is 5.76 Å². The molecule has 136 valence electrons. The number of hydrogen-bond donors (Lipinski definition) is 2. The molecule has 4 aromatic rings. The second-order valence-corrected chi connectivity index (χ2v) is 6.64. The van der Waals surface area contributed by atoms with E-state index in [9.17, 15) is 9.59 Å². The first-order valence-electron chi connectivity index (χ1n) is 8.23. The van der Waals surface area contributed by atoms with Crippen molar-refractivity contribution in [3.8, 4) is 16.3 Å². The van der Waals surface area contributed by atoms with Crippen LogP contribution in [0.3, 0.4) is 0 Å². The maximum atomic E-state index is 12.7. The zero-order valence-electron chi connectivity index (χ0n) is 14.1. The van der Waals surface area contributed by atoms with E-state index >= 15 is 0 Å². The maximum Gasteiger partial charge on any atom is 0.438 e. The minimum absolute atomic E-state index is 0.244. The smallest absolute Gasteiger partial charge is 0.351 e. The normalized spacial score (nSPS) is 10.8.